The number of para-hydroxylation sites is 1. The van der Waals surface area contributed by atoms with E-state index in [2.05, 4.69) is 26.0 Å². The number of hydrogen-bond donors (Lipinski definition) is 2. The molecule has 4 rings (SSSR count). The highest BCUT2D eigenvalue weighted by atomic mass is 35.5. The zero-order valence-electron chi connectivity index (χ0n) is 19.7. The maximum atomic E-state index is 13.1. The number of carbonyl (C=O) groups excluding carboxylic acids is 1. The average Bonchev–Trinajstić information content (AvgIpc) is 3.29. The average molecular weight is 523 g/mol. The monoisotopic (exact) mass is 522 g/mol. The number of carbonyl (C=O) groups is 1. The van der Waals surface area contributed by atoms with Crippen LogP contribution in [-0.2, 0) is 11.3 Å². The summed E-state index contributed by atoms with van der Waals surface area (Å²) in [5, 5.41) is 17.0. The zero-order valence-corrected chi connectivity index (χ0v) is 21.2. The van der Waals surface area contributed by atoms with E-state index in [0.29, 0.717) is 28.3 Å². The van der Waals surface area contributed by atoms with E-state index >= 15 is 0 Å². The molecule has 0 bridgehead atoms. The van der Waals surface area contributed by atoms with E-state index in [4.69, 9.17) is 11.6 Å². The third-order valence-electron chi connectivity index (χ3n) is 5.26. The van der Waals surface area contributed by atoms with Crippen molar-refractivity contribution in [3.8, 4) is 5.69 Å². The van der Waals surface area contributed by atoms with Crippen molar-refractivity contribution >= 4 is 40.7 Å². The zero-order chi connectivity index (χ0) is 25.5. The van der Waals surface area contributed by atoms with Gasteiger partial charge in [-0.25, -0.2) is 9.82 Å². The van der Waals surface area contributed by atoms with Crippen molar-refractivity contribution in [1.29, 1.82) is 0 Å². The lowest BCUT2D eigenvalue weighted by Crippen LogP contribution is -2.28. The Kier molecular flexibility index (Phi) is 8.35. The second kappa shape index (κ2) is 11.8. The van der Waals surface area contributed by atoms with E-state index in [1.807, 2.05) is 59.2 Å². The molecule has 1 aromatic heterocycles. The van der Waals surface area contributed by atoms with E-state index in [-0.39, 0.29) is 11.7 Å². The number of rotatable bonds is 9. The summed E-state index contributed by atoms with van der Waals surface area (Å²) in [4.78, 5) is 12.8. The van der Waals surface area contributed by atoms with Gasteiger partial charge < -0.3 is 5.32 Å². The van der Waals surface area contributed by atoms with Crippen molar-refractivity contribution in [1.82, 2.24) is 20.2 Å². The molecular formula is C26H24ClFN6OS. The van der Waals surface area contributed by atoms with Gasteiger partial charge in [0.05, 0.1) is 17.5 Å². The molecule has 2 N–H and O–H groups in total. The first-order valence-electron chi connectivity index (χ1n) is 11.2. The third kappa shape index (κ3) is 6.50. The fourth-order valence-corrected chi connectivity index (χ4v) is 4.28. The molecule has 0 aliphatic rings. The Morgan fingerprint density at radius 1 is 1.06 bits per heavy atom. The fourth-order valence-electron chi connectivity index (χ4n) is 3.27. The Labute approximate surface area is 217 Å². The van der Waals surface area contributed by atoms with E-state index < -0.39 is 5.25 Å². The van der Waals surface area contributed by atoms with Crippen LogP contribution in [0.1, 0.15) is 25.2 Å². The van der Waals surface area contributed by atoms with Crippen molar-refractivity contribution in [2.75, 3.05) is 5.32 Å². The van der Waals surface area contributed by atoms with Crippen molar-refractivity contribution in [3.05, 3.63) is 101 Å². The number of hydrazone groups is 1. The van der Waals surface area contributed by atoms with Crippen LogP contribution in [0.4, 0.5) is 10.1 Å². The highest BCUT2D eigenvalue weighted by Crippen LogP contribution is 2.26. The number of thioether (sulfide) groups is 1. The lowest BCUT2D eigenvalue weighted by molar-refractivity contribution is -0.120. The number of amides is 1. The van der Waals surface area contributed by atoms with Gasteiger partial charge in [0.15, 0.2) is 11.0 Å². The predicted octanol–water partition coefficient (Wildman–Crippen LogP) is 5.69. The van der Waals surface area contributed by atoms with Crippen LogP contribution in [-0.4, -0.2) is 31.6 Å². The normalized spacial score (nSPS) is 12.3. The summed E-state index contributed by atoms with van der Waals surface area (Å²) in [5.74, 6) is 0.0761. The number of nitrogens with one attached hydrogen (secondary N) is 2. The molecular weight excluding hydrogens is 499 g/mol. The highest BCUT2D eigenvalue weighted by molar-refractivity contribution is 8.00. The molecule has 0 aliphatic carbocycles. The van der Waals surface area contributed by atoms with Gasteiger partial charge in [-0.1, -0.05) is 53.7 Å². The Hall–Kier alpha value is -3.69. The van der Waals surface area contributed by atoms with Crippen molar-refractivity contribution in [2.45, 2.75) is 30.8 Å². The van der Waals surface area contributed by atoms with Crippen molar-refractivity contribution < 1.29 is 9.18 Å². The molecule has 1 atom stereocenters. The number of anilines is 1. The van der Waals surface area contributed by atoms with Crippen LogP contribution in [0.2, 0.25) is 5.02 Å². The van der Waals surface area contributed by atoms with Crippen molar-refractivity contribution in [2.24, 2.45) is 5.10 Å². The summed E-state index contributed by atoms with van der Waals surface area (Å²) in [6, 6.07) is 23.1. The molecule has 1 unspecified atom stereocenters. The van der Waals surface area contributed by atoms with Gasteiger partial charge in [-0.3, -0.25) is 9.36 Å². The Balaban J connectivity index is 1.48. The number of halogens is 2. The smallest absolute Gasteiger partial charge is 0.253 e. The SMILES string of the molecule is CC(=NNC(=O)C(C)Sc1nnc(CNc2ccc(Cl)cc2)n1-c1ccccc1)c1ccc(F)cc1. The van der Waals surface area contributed by atoms with E-state index in [1.54, 1.807) is 26.0 Å². The van der Waals surface area contributed by atoms with Gasteiger partial charge in [-0.2, -0.15) is 5.10 Å². The first-order valence-corrected chi connectivity index (χ1v) is 12.4. The fraction of sp³-hybridized carbons (Fsp3) is 0.154. The van der Waals surface area contributed by atoms with Gasteiger partial charge >= 0.3 is 0 Å². The number of nitrogens with zero attached hydrogens (tertiary/aromatic N) is 4. The van der Waals surface area contributed by atoms with Crippen LogP contribution < -0.4 is 10.7 Å². The minimum atomic E-state index is -0.501. The number of benzene rings is 3. The van der Waals surface area contributed by atoms with Gasteiger partial charge in [-0.05, 0) is 67.9 Å². The molecule has 0 saturated heterocycles. The summed E-state index contributed by atoms with van der Waals surface area (Å²) in [7, 11) is 0. The summed E-state index contributed by atoms with van der Waals surface area (Å²) >= 11 is 7.26. The van der Waals surface area contributed by atoms with Gasteiger partial charge in [-0.15, -0.1) is 10.2 Å². The minimum absolute atomic E-state index is 0.287. The lowest BCUT2D eigenvalue weighted by atomic mass is 10.1. The van der Waals surface area contributed by atoms with E-state index in [1.165, 1.54) is 23.9 Å². The van der Waals surface area contributed by atoms with Gasteiger partial charge in [0, 0.05) is 16.4 Å². The third-order valence-corrected chi connectivity index (χ3v) is 6.55. The van der Waals surface area contributed by atoms with Crippen LogP contribution >= 0.6 is 23.4 Å². The Morgan fingerprint density at radius 2 is 1.75 bits per heavy atom. The summed E-state index contributed by atoms with van der Waals surface area (Å²) in [5.41, 5.74) is 5.67. The quantitative estimate of drug-likeness (QED) is 0.167. The van der Waals surface area contributed by atoms with Crippen LogP contribution in [0.15, 0.2) is 89.1 Å². The van der Waals surface area contributed by atoms with Crippen LogP contribution in [0.3, 0.4) is 0 Å². The molecule has 0 aliphatic heterocycles. The predicted molar refractivity (Wildman–Crippen MR) is 142 cm³/mol. The number of aromatic nitrogens is 3. The molecule has 36 heavy (non-hydrogen) atoms. The second-order valence-electron chi connectivity index (χ2n) is 7.87. The number of hydrogen-bond acceptors (Lipinski definition) is 6. The largest absolute Gasteiger partial charge is 0.378 e. The van der Waals surface area contributed by atoms with E-state index in [0.717, 1.165) is 16.9 Å². The molecule has 1 amide bonds. The topological polar surface area (TPSA) is 84.2 Å². The van der Waals surface area contributed by atoms with Gasteiger partial charge in [0.1, 0.15) is 5.82 Å². The molecule has 4 aromatic rings. The van der Waals surface area contributed by atoms with Crippen LogP contribution in [0.25, 0.3) is 5.69 Å². The standard InChI is InChI=1S/C26H24ClFN6OS/c1-17(19-8-12-21(28)13-9-19)30-32-25(35)18(2)36-26-33-31-24(34(26)23-6-4-3-5-7-23)16-29-22-14-10-20(27)11-15-22/h3-15,18,29H,16H2,1-2H3,(H,32,35). The summed E-state index contributed by atoms with van der Waals surface area (Å²) in [6.07, 6.45) is 0. The minimum Gasteiger partial charge on any atom is -0.378 e. The first-order chi connectivity index (χ1) is 17.4. The molecule has 1 heterocycles. The molecule has 10 heteroatoms. The summed E-state index contributed by atoms with van der Waals surface area (Å²) in [6.45, 7) is 3.95. The molecule has 0 fully saturated rings. The maximum absolute atomic E-state index is 13.1. The highest BCUT2D eigenvalue weighted by Gasteiger charge is 2.21. The van der Waals surface area contributed by atoms with Crippen LogP contribution in [0.5, 0.6) is 0 Å². The van der Waals surface area contributed by atoms with Crippen molar-refractivity contribution in [3.63, 3.8) is 0 Å². The molecule has 7 nitrogen and oxygen atoms in total. The molecule has 0 saturated carbocycles. The van der Waals surface area contributed by atoms with Gasteiger partial charge in [0.2, 0.25) is 0 Å². The Morgan fingerprint density at radius 3 is 2.44 bits per heavy atom. The lowest BCUT2D eigenvalue weighted by Gasteiger charge is -2.13. The molecule has 184 valence electrons. The molecule has 0 spiro atoms. The maximum Gasteiger partial charge on any atom is 0.253 e. The van der Waals surface area contributed by atoms with E-state index in [9.17, 15) is 9.18 Å². The van der Waals surface area contributed by atoms with Gasteiger partial charge in [0.25, 0.3) is 5.91 Å². The molecule has 0 radical (unpaired) electrons. The Bertz CT molecular complexity index is 1340. The summed E-state index contributed by atoms with van der Waals surface area (Å²) < 4.78 is 15.1. The second-order valence-corrected chi connectivity index (χ2v) is 9.61. The first kappa shape index (κ1) is 25.4. The van der Waals surface area contributed by atoms with Crippen LogP contribution in [0, 0.1) is 5.82 Å². The molecule has 3 aromatic carbocycles.